The number of aliphatic hydroxyl groups is 1. The molecule has 0 aromatic heterocycles. The van der Waals surface area contributed by atoms with Gasteiger partial charge in [0.15, 0.2) is 0 Å². The molecule has 0 amide bonds. The molecule has 242 valence electrons. The van der Waals surface area contributed by atoms with Gasteiger partial charge in [0.05, 0.1) is 57.9 Å². The van der Waals surface area contributed by atoms with Gasteiger partial charge in [0.25, 0.3) is 0 Å². The number of piperidine rings is 1. The van der Waals surface area contributed by atoms with E-state index in [-0.39, 0.29) is 31.3 Å². The normalized spacial score (nSPS) is 18.5. The van der Waals surface area contributed by atoms with Crippen molar-refractivity contribution in [1.82, 2.24) is 5.32 Å². The fourth-order valence-electron chi connectivity index (χ4n) is 5.78. The van der Waals surface area contributed by atoms with Gasteiger partial charge in [-0.1, -0.05) is 48.5 Å². The van der Waals surface area contributed by atoms with Crippen LogP contribution >= 0.6 is 0 Å². The van der Waals surface area contributed by atoms with Gasteiger partial charge in [0, 0.05) is 37.9 Å². The molecule has 1 unspecified atom stereocenters. The summed E-state index contributed by atoms with van der Waals surface area (Å²) in [6.45, 7) is 2.98. The molecule has 9 nitrogen and oxygen atoms in total. The largest absolute Gasteiger partial charge is 0.496 e. The molecule has 2 N–H and O–H groups in total. The first-order valence-electron chi connectivity index (χ1n) is 15.6. The number of hydrogen-bond donors (Lipinski definition) is 2. The first-order valence-corrected chi connectivity index (χ1v) is 15.6. The second kappa shape index (κ2) is 16.9. The molecule has 1 fully saturated rings. The Morgan fingerprint density at radius 2 is 1.59 bits per heavy atom. The first kappa shape index (κ1) is 33.2. The molecule has 4 aromatic carbocycles. The molecule has 1 aliphatic heterocycles. The summed E-state index contributed by atoms with van der Waals surface area (Å²) in [6, 6.07) is 29.7. The number of rotatable bonds is 16. The molecule has 1 saturated heterocycles. The van der Waals surface area contributed by atoms with Crippen molar-refractivity contribution in [2.45, 2.75) is 37.3 Å². The Kier molecular flexibility index (Phi) is 12.2. The summed E-state index contributed by atoms with van der Waals surface area (Å²) in [5.74, 6) is 2.07. The second-order valence-electron chi connectivity index (χ2n) is 11.3. The molecule has 46 heavy (non-hydrogen) atoms. The molecular formula is C37H42N2O7. The molecule has 4 atom stereocenters. The van der Waals surface area contributed by atoms with E-state index < -0.39 is 6.10 Å². The molecular weight excluding hydrogens is 584 g/mol. The molecule has 0 spiro atoms. The summed E-state index contributed by atoms with van der Waals surface area (Å²) in [6.07, 6.45) is -0.455. The highest BCUT2D eigenvalue weighted by Gasteiger charge is 2.36. The average molecular weight is 627 g/mol. The molecule has 4 aromatic rings. The van der Waals surface area contributed by atoms with Crippen LogP contribution in [0.15, 0.2) is 84.9 Å². The maximum absolute atomic E-state index is 10.3. The fraction of sp³-hybridized carbons (Fsp3) is 0.378. The van der Waals surface area contributed by atoms with E-state index in [1.165, 1.54) is 0 Å². The van der Waals surface area contributed by atoms with Crippen molar-refractivity contribution in [3.63, 3.8) is 0 Å². The van der Waals surface area contributed by atoms with Gasteiger partial charge in [0.1, 0.15) is 29.4 Å². The molecule has 0 radical (unpaired) electrons. The maximum atomic E-state index is 10.3. The predicted molar refractivity (Wildman–Crippen MR) is 176 cm³/mol. The Bertz CT molecular complexity index is 1570. The summed E-state index contributed by atoms with van der Waals surface area (Å²) in [5.41, 5.74) is 2.61. The number of hydrogen-bond acceptors (Lipinski definition) is 9. The standard InChI is InChI=1S/C37H42N2O7/c1-41-24-30(40)25-46-36-22-39-21-35(45-23-26-18-28-8-3-5-10-32(28)34(19-26)42-2)37(36)27-12-14-31(15-13-27)43-16-7-17-44-33-11-6-4-9-29(33)20-38/h3-6,8-15,18-19,30,35-37,39-40H,7,16-17,21-25H2,1-2H3/t30?,35-,36+,37+/m0/s1. The summed E-state index contributed by atoms with van der Waals surface area (Å²) in [4.78, 5) is 0. The van der Waals surface area contributed by atoms with Gasteiger partial charge in [-0.05, 0) is 52.9 Å². The third-order valence-electron chi connectivity index (χ3n) is 8.01. The Labute approximate surface area is 270 Å². The zero-order valence-electron chi connectivity index (χ0n) is 26.4. The average Bonchev–Trinajstić information content (AvgIpc) is 3.10. The Morgan fingerprint density at radius 3 is 2.37 bits per heavy atom. The van der Waals surface area contributed by atoms with Crippen LogP contribution in [0.2, 0.25) is 0 Å². The fourth-order valence-corrected chi connectivity index (χ4v) is 5.78. The summed E-state index contributed by atoms with van der Waals surface area (Å²) >= 11 is 0. The van der Waals surface area contributed by atoms with Crippen molar-refractivity contribution in [2.24, 2.45) is 0 Å². The van der Waals surface area contributed by atoms with Crippen LogP contribution in [0.25, 0.3) is 10.8 Å². The van der Waals surface area contributed by atoms with Crippen molar-refractivity contribution in [2.75, 3.05) is 53.7 Å². The van der Waals surface area contributed by atoms with Gasteiger partial charge in [-0.2, -0.15) is 5.26 Å². The number of para-hydroxylation sites is 1. The Balaban J connectivity index is 1.24. The quantitative estimate of drug-likeness (QED) is 0.162. The monoisotopic (exact) mass is 626 g/mol. The number of nitrogens with one attached hydrogen (secondary N) is 1. The lowest BCUT2D eigenvalue weighted by Crippen LogP contribution is -2.51. The molecule has 5 rings (SSSR count). The number of ether oxygens (including phenoxy) is 6. The van der Waals surface area contributed by atoms with Gasteiger partial charge >= 0.3 is 0 Å². The minimum atomic E-state index is -0.717. The number of nitrogens with zero attached hydrogens (tertiary/aromatic N) is 1. The van der Waals surface area contributed by atoms with Gasteiger partial charge in [-0.25, -0.2) is 0 Å². The maximum Gasteiger partial charge on any atom is 0.137 e. The molecule has 1 heterocycles. The number of methoxy groups -OCH3 is 2. The van der Waals surface area contributed by atoms with Crippen LogP contribution < -0.4 is 19.5 Å². The van der Waals surface area contributed by atoms with Crippen LogP contribution in [0.1, 0.15) is 29.0 Å². The van der Waals surface area contributed by atoms with Crippen molar-refractivity contribution in [3.8, 4) is 23.3 Å². The van der Waals surface area contributed by atoms with Gasteiger partial charge in [-0.3, -0.25) is 0 Å². The zero-order chi connectivity index (χ0) is 32.1. The highest BCUT2D eigenvalue weighted by Crippen LogP contribution is 2.33. The van der Waals surface area contributed by atoms with Crippen LogP contribution in [0, 0.1) is 11.3 Å². The molecule has 9 heteroatoms. The van der Waals surface area contributed by atoms with Crippen molar-refractivity contribution >= 4 is 10.8 Å². The van der Waals surface area contributed by atoms with Crippen molar-refractivity contribution in [3.05, 3.63) is 102 Å². The molecule has 0 aliphatic carbocycles. The van der Waals surface area contributed by atoms with Crippen molar-refractivity contribution in [1.29, 1.82) is 5.26 Å². The van der Waals surface area contributed by atoms with E-state index in [1.54, 1.807) is 26.4 Å². The molecule has 0 bridgehead atoms. The van der Waals surface area contributed by atoms with Crippen LogP contribution in [0.4, 0.5) is 0 Å². The first-order chi connectivity index (χ1) is 22.6. The van der Waals surface area contributed by atoms with E-state index in [1.807, 2.05) is 42.5 Å². The summed E-state index contributed by atoms with van der Waals surface area (Å²) in [7, 11) is 3.25. The lowest BCUT2D eigenvalue weighted by Gasteiger charge is -2.39. The van der Waals surface area contributed by atoms with Crippen LogP contribution in [-0.2, 0) is 20.8 Å². The third-order valence-corrected chi connectivity index (χ3v) is 8.01. The highest BCUT2D eigenvalue weighted by atomic mass is 16.5. The van der Waals surface area contributed by atoms with E-state index in [4.69, 9.17) is 28.4 Å². The molecule has 1 aliphatic rings. The van der Waals surface area contributed by atoms with Gasteiger partial charge in [-0.15, -0.1) is 0 Å². The Morgan fingerprint density at radius 1 is 0.848 bits per heavy atom. The smallest absolute Gasteiger partial charge is 0.137 e. The third kappa shape index (κ3) is 8.75. The Hall–Kier alpha value is -4.17. The van der Waals surface area contributed by atoms with E-state index in [0.717, 1.165) is 33.4 Å². The number of benzene rings is 4. The van der Waals surface area contributed by atoms with Crippen LogP contribution in [0.3, 0.4) is 0 Å². The zero-order valence-corrected chi connectivity index (χ0v) is 26.4. The van der Waals surface area contributed by atoms with Gasteiger partial charge < -0.3 is 38.8 Å². The number of fused-ring (bicyclic) bond motifs is 1. The van der Waals surface area contributed by atoms with E-state index in [0.29, 0.717) is 50.6 Å². The summed E-state index contributed by atoms with van der Waals surface area (Å²) in [5, 5.41) is 25.1. The minimum Gasteiger partial charge on any atom is -0.496 e. The second-order valence-corrected chi connectivity index (χ2v) is 11.3. The van der Waals surface area contributed by atoms with Crippen molar-refractivity contribution < 1.29 is 33.5 Å². The highest BCUT2D eigenvalue weighted by molar-refractivity contribution is 5.89. The molecule has 0 saturated carbocycles. The number of aliphatic hydroxyl groups excluding tert-OH is 1. The lowest BCUT2D eigenvalue weighted by atomic mass is 9.85. The predicted octanol–water partition coefficient (Wildman–Crippen LogP) is 5.23. The van der Waals surface area contributed by atoms with Gasteiger partial charge in [0.2, 0.25) is 0 Å². The summed E-state index contributed by atoms with van der Waals surface area (Å²) < 4.78 is 35.4. The minimum absolute atomic E-state index is 0.0824. The van der Waals surface area contributed by atoms with E-state index >= 15 is 0 Å². The van der Waals surface area contributed by atoms with Crippen LogP contribution in [-0.4, -0.2) is 77.2 Å². The number of nitriles is 1. The lowest BCUT2D eigenvalue weighted by molar-refractivity contribution is -0.0856. The SMILES string of the molecule is COCC(O)CO[C@@H]1CNC[C@H](OCc2cc(OC)c3ccccc3c2)[C@H]1c1ccc(OCCCOc2ccccc2C#N)cc1. The van der Waals surface area contributed by atoms with Crippen LogP contribution in [0.5, 0.6) is 17.2 Å². The van der Waals surface area contributed by atoms with E-state index in [9.17, 15) is 10.4 Å². The topological polar surface area (TPSA) is 111 Å². The van der Waals surface area contributed by atoms with E-state index in [2.05, 4.69) is 41.7 Å².